The van der Waals surface area contributed by atoms with Gasteiger partial charge < -0.3 is 27.9 Å². The highest BCUT2D eigenvalue weighted by Gasteiger charge is 2.52. The number of allylic oxidation sites excluding steroid dienone is 2. The lowest BCUT2D eigenvalue weighted by molar-refractivity contribution is -0.421. The topological polar surface area (TPSA) is 167 Å². The van der Waals surface area contributed by atoms with Crippen LogP contribution in [-0.4, -0.2) is 62.7 Å². The van der Waals surface area contributed by atoms with Gasteiger partial charge in [-0.25, -0.2) is 9.69 Å². The predicted molar refractivity (Wildman–Crippen MR) is 267 cm³/mol. The molecule has 1 fully saturated rings. The predicted octanol–water partition coefficient (Wildman–Crippen LogP) is 11.7. The molecule has 0 bridgehead atoms. The molecule has 7 aromatic rings. The number of pyridine rings is 1. The van der Waals surface area contributed by atoms with Gasteiger partial charge in [0, 0.05) is 64.6 Å². The van der Waals surface area contributed by atoms with Crippen molar-refractivity contribution in [2.45, 2.75) is 52.7 Å². The zero-order valence-electron chi connectivity index (χ0n) is 38.3. The summed E-state index contributed by atoms with van der Waals surface area (Å²) in [4.78, 5) is 35.5. The standard InChI is InChI=1S/C22H23BN2O3.C22H16N4O3.C6H4BrN2O2/c1-21(2)22(3,4)28-23(27-21)19-14-25(16-8-10-17(26-6)11-9-16)20-12-7-15(24-5)13-18(19)20;1-14-19(11-24-12-22(14)26(27)28)20-13-25(16-5-7-17(29-3)8-6-16)21-9-4-15(23-2)10-18(20)21;1-4-5(7)2-8-3-6(4)9(10)11/h7-14H,1-4,6H3;4-13H,1,3H3;3H,1H3/q;;+1. The van der Waals surface area contributed by atoms with Gasteiger partial charge in [0.1, 0.15) is 17.7 Å². The minimum Gasteiger partial charge on any atom is -0.497 e. The Labute approximate surface area is 401 Å². The first-order valence-electron chi connectivity index (χ1n) is 20.9. The van der Waals surface area contributed by atoms with Gasteiger partial charge in [-0.3, -0.25) is 25.2 Å². The number of aliphatic imine (C=N–C) groups is 1. The summed E-state index contributed by atoms with van der Waals surface area (Å²) in [5.41, 5.74) is 7.49. The van der Waals surface area contributed by atoms with Crippen LogP contribution in [-0.2, 0) is 9.31 Å². The van der Waals surface area contributed by atoms with Gasteiger partial charge in [-0.2, -0.15) is 0 Å². The maximum Gasteiger partial charge on any atom is 0.497 e. The van der Waals surface area contributed by atoms with Crippen LogP contribution in [0.2, 0.25) is 0 Å². The second-order valence-electron chi connectivity index (χ2n) is 16.5. The third kappa shape index (κ3) is 9.48. The maximum absolute atomic E-state index is 11.4. The van der Waals surface area contributed by atoms with Crippen molar-refractivity contribution >= 4 is 73.6 Å². The van der Waals surface area contributed by atoms with Crippen LogP contribution in [0.3, 0.4) is 0 Å². The molecule has 1 saturated heterocycles. The fraction of sp³-hybridized carbons (Fsp3) is 0.200. The van der Waals surface area contributed by atoms with Crippen molar-refractivity contribution in [1.82, 2.24) is 14.1 Å². The van der Waals surface area contributed by atoms with Gasteiger partial charge >= 0.3 is 12.8 Å². The van der Waals surface area contributed by atoms with E-state index >= 15 is 0 Å². The van der Waals surface area contributed by atoms with Crippen LogP contribution in [0.15, 0.2) is 137 Å². The van der Waals surface area contributed by atoms with Crippen LogP contribution >= 0.6 is 15.9 Å². The Morgan fingerprint density at radius 1 is 0.735 bits per heavy atom. The van der Waals surface area contributed by atoms with Crippen molar-refractivity contribution in [3.8, 4) is 34.0 Å². The van der Waals surface area contributed by atoms with Crippen molar-refractivity contribution in [3.05, 3.63) is 180 Å². The number of methoxy groups -OCH3 is 2. The van der Waals surface area contributed by atoms with E-state index in [9.17, 15) is 20.2 Å². The number of hydrogen-bond acceptors (Lipinski definition) is 10. The number of ether oxygens (including phenoxy) is 2. The van der Waals surface area contributed by atoms with E-state index in [0.29, 0.717) is 32.6 Å². The lowest BCUT2D eigenvalue weighted by Gasteiger charge is -2.32. The van der Waals surface area contributed by atoms with Gasteiger partial charge in [-0.1, -0.05) is 17.1 Å². The number of fused-ring (bicyclic) bond motifs is 2. The first-order chi connectivity index (χ1) is 32.4. The SMILES string of the molecule is CC1=C(Br)[C+]=NC=C1[N+](=O)[O-].[C-]#[N+]c1ccc2c(c1)c(-c1cncc([N+](=O)[O-])c1C)cn2-c1ccc(OC)cc1.[C-]#[N+]c1ccc2c(c1)c(B1OC(C)(C)C(C)(C)O1)cn2-c1ccc(OC)cc1. The van der Waals surface area contributed by atoms with Gasteiger partial charge in [0.2, 0.25) is 10.7 Å². The molecule has 0 unspecified atom stereocenters. The highest BCUT2D eigenvalue weighted by molar-refractivity contribution is 9.12. The first-order valence-corrected chi connectivity index (χ1v) is 21.7. The highest BCUT2D eigenvalue weighted by atomic mass is 79.9. The third-order valence-corrected chi connectivity index (χ3v) is 12.8. The molecule has 0 saturated carbocycles. The number of hydrogen-bond donors (Lipinski definition) is 0. The van der Waals surface area contributed by atoms with Gasteiger partial charge in [0.25, 0.3) is 5.69 Å². The summed E-state index contributed by atoms with van der Waals surface area (Å²) in [5, 5.41) is 23.5. The lowest BCUT2D eigenvalue weighted by Crippen LogP contribution is -2.41. The van der Waals surface area contributed by atoms with E-state index in [1.807, 2.05) is 117 Å². The number of nitrogens with zero attached hydrogens (tertiary/aromatic N) is 8. The van der Waals surface area contributed by atoms with Crippen LogP contribution in [0.25, 0.3) is 54.0 Å². The smallest absolute Gasteiger partial charge is 0.497 e. The Morgan fingerprint density at radius 3 is 1.74 bits per heavy atom. The number of nitro groups is 2. The Bertz CT molecular complexity index is 3270. The van der Waals surface area contributed by atoms with Gasteiger partial charge in [-0.15, -0.1) is 0 Å². The first kappa shape index (κ1) is 48.0. The summed E-state index contributed by atoms with van der Waals surface area (Å²) in [7, 11) is 2.78. The molecule has 0 spiro atoms. The summed E-state index contributed by atoms with van der Waals surface area (Å²) >= 11 is 3.09. The molecule has 9 rings (SSSR count). The molecule has 0 amide bonds. The van der Waals surface area contributed by atoms with Crippen molar-refractivity contribution in [1.29, 1.82) is 0 Å². The largest absolute Gasteiger partial charge is 0.497 e. The molecule has 0 atom stereocenters. The van der Waals surface area contributed by atoms with E-state index in [-0.39, 0.29) is 11.4 Å². The molecule has 2 aliphatic heterocycles. The Balaban J connectivity index is 0.000000165. The summed E-state index contributed by atoms with van der Waals surface area (Å²) in [6.07, 6.45) is 10.6. The van der Waals surface area contributed by atoms with Gasteiger partial charge in [-0.05, 0) is 134 Å². The van der Waals surface area contributed by atoms with E-state index < -0.39 is 28.2 Å². The van der Waals surface area contributed by atoms with E-state index in [1.165, 1.54) is 12.4 Å². The van der Waals surface area contributed by atoms with Gasteiger partial charge in [0.05, 0.1) is 53.9 Å². The van der Waals surface area contributed by atoms with Crippen molar-refractivity contribution in [2.75, 3.05) is 14.2 Å². The molecular formula is C50H43BBrN8O8+. The van der Waals surface area contributed by atoms with Crippen LogP contribution < -0.4 is 14.9 Å². The van der Waals surface area contributed by atoms with Crippen LogP contribution in [0.1, 0.15) is 40.2 Å². The van der Waals surface area contributed by atoms with E-state index in [0.717, 1.165) is 55.7 Å². The molecule has 0 N–H and O–H groups in total. The van der Waals surface area contributed by atoms with E-state index in [2.05, 4.69) is 46.4 Å². The molecule has 0 aliphatic carbocycles. The molecule has 340 valence electrons. The normalized spacial score (nSPS) is 14.4. The van der Waals surface area contributed by atoms with Crippen molar-refractivity contribution in [3.63, 3.8) is 0 Å². The summed E-state index contributed by atoms with van der Waals surface area (Å²) in [6, 6.07) is 26.7. The molecule has 16 nitrogen and oxygen atoms in total. The Morgan fingerprint density at radius 2 is 1.25 bits per heavy atom. The average molecular weight is 975 g/mol. The number of benzene rings is 4. The maximum atomic E-state index is 11.4. The molecule has 0 radical (unpaired) electrons. The summed E-state index contributed by atoms with van der Waals surface area (Å²) < 4.78 is 27.7. The zero-order chi connectivity index (χ0) is 49.1. The molecule has 5 heterocycles. The molecule has 18 heteroatoms. The van der Waals surface area contributed by atoms with E-state index in [1.54, 1.807) is 46.4 Å². The second-order valence-corrected chi connectivity index (χ2v) is 17.3. The Hall–Kier alpha value is -7.99. The quantitative estimate of drug-likeness (QED) is 0.0623. The Kier molecular flexibility index (Phi) is 13.7. The fourth-order valence-electron chi connectivity index (χ4n) is 7.48. The highest BCUT2D eigenvalue weighted by Crippen LogP contribution is 2.40. The van der Waals surface area contributed by atoms with E-state index in [4.69, 9.17) is 31.9 Å². The average Bonchev–Trinajstić information content (AvgIpc) is 3.97. The van der Waals surface area contributed by atoms with Crippen LogP contribution in [0.5, 0.6) is 11.5 Å². The minimum atomic E-state index is -0.493. The van der Waals surface area contributed by atoms with Crippen molar-refractivity contribution in [2.24, 2.45) is 4.99 Å². The van der Waals surface area contributed by atoms with Crippen molar-refractivity contribution < 1.29 is 28.6 Å². The molecule has 4 aromatic carbocycles. The lowest BCUT2D eigenvalue weighted by atomic mass is 9.79. The molecule has 2 aliphatic rings. The third-order valence-electron chi connectivity index (χ3n) is 12.0. The summed E-state index contributed by atoms with van der Waals surface area (Å²) in [6.45, 7) is 26.2. The molecular weight excluding hydrogens is 931 g/mol. The second kappa shape index (κ2) is 19.5. The number of halogens is 1. The fourth-order valence-corrected chi connectivity index (χ4v) is 7.79. The summed E-state index contributed by atoms with van der Waals surface area (Å²) in [5.74, 6) is 1.56. The molecule has 3 aromatic heterocycles. The van der Waals surface area contributed by atoms with Crippen LogP contribution in [0, 0.1) is 40.3 Å². The van der Waals surface area contributed by atoms with Crippen LogP contribution in [0.4, 0.5) is 17.1 Å². The number of aromatic nitrogens is 3. The zero-order valence-corrected chi connectivity index (χ0v) is 39.9. The monoisotopic (exact) mass is 973 g/mol. The minimum absolute atomic E-state index is 0.00984. The van der Waals surface area contributed by atoms with Gasteiger partial charge in [0.15, 0.2) is 23.2 Å². The number of rotatable bonds is 8. The molecule has 68 heavy (non-hydrogen) atoms.